The van der Waals surface area contributed by atoms with Crippen LogP contribution in [0, 0.1) is 0 Å². The lowest BCUT2D eigenvalue weighted by atomic mass is 10.2. The summed E-state index contributed by atoms with van der Waals surface area (Å²) >= 11 is 0. The second-order valence-corrected chi connectivity index (χ2v) is 6.25. The predicted molar refractivity (Wildman–Crippen MR) is 97.4 cm³/mol. The number of rotatable bonds is 6. The second kappa shape index (κ2) is 9.46. The molecule has 3 N–H and O–H groups in total. The summed E-state index contributed by atoms with van der Waals surface area (Å²) in [5.41, 5.74) is 0.277. The van der Waals surface area contributed by atoms with Crippen LogP contribution >= 0.6 is 0 Å². The summed E-state index contributed by atoms with van der Waals surface area (Å²) in [5.74, 6) is -0.716. The lowest BCUT2D eigenvalue weighted by Crippen LogP contribution is -2.37. The van der Waals surface area contributed by atoms with Crippen molar-refractivity contribution < 1.29 is 19.1 Å². The molecule has 0 spiro atoms. The van der Waals surface area contributed by atoms with E-state index in [4.69, 9.17) is 4.74 Å². The highest BCUT2D eigenvalue weighted by Crippen LogP contribution is 2.20. The maximum atomic E-state index is 12.0. The number of ether oxygens (including phenoxy) is 1. The van der Waals surface area contributed by atoms with Gasteiger partial charge in [0.05, 0.1) is 11.4 Å². The molecule has 7 heteroatoms. The number of para-hydroxylation sites is 2. The monoisotopic (exact) mass is 347 g/mol. The van der Waals surface area contributed by atoms with E-state index in [1.54, 1.807) is 51.1 Å². The number of nitrogens with one attached hydrogen (secondary N) is 3. The number of carbonyl (C=O) groups excluding carboxylic acids is 3. The van der Waals surface area contributed by atoms with Crippen molar-refractivity contribution in [2.45, 2.75) is 39.7 Å². The standard InChI is InChI=1S/C18H25N3O4/c1-5-6-11-15(22)20-13-9-7-8-10-14(13)21-16(23)12-19-17(24)25-18(2,3)4/h6-11H,5,12H2,1-4H3,(H,19,24)(H,20,22)(H,21,23)/b11-6+. The van der Waals surface area contributed by atoms with Crippen LogP contribution in [0.25, 0.3) is 0 Å². The van der Waals surface area contributed by atoms with Gasteiger partial charge < -0.3 is 20.7 Å². The largest absolute Gasteiger partial charge is 0.444 e. The van der Waals surface area contributed by atoms with Crippen LogP contribution in [0.4, 0.5) is 16.2 Å². The Kier molecular flexibility index (Phi) is 7.65. The average molecular weight is 347 g/mol. The van der Waals surface area contributed by atoms with Crippen molar-refractivity contribution in [2.75, 3.05) is 17.2 Å². The van der Waals surface area contributed by atoms with Crippen LogP contribution in [0.1, 0.15) is 34.1 Å². The van der Waals surface area contributed by atoms with Crippen molar-refractivity contribution in [3.8, 4) is 0 Å². The maximum Gasteiger partial charge on any atom is 0.408 e. The molecule has 0 saturated carbocycles. The summed E-state index contributed by atoms with van der Waals surface area (Å²) in [4.78, 5) is 35.3. The first-order chi connectivity index (χ1) is 11.7. The van der Waals surface area contributed by atoms with Gasteiger partial charge in [-0.2, -0.15) is 0 Å². The summed E-state index contributed by atoms with van der Waals surface area (Å²) in [5, 5.41) is 7.71. The maximum absolute atomic E-state index is 12.0. The highest BCUT2D eigenvalue weighted by atomic mass is 16.6. The average Bonchev–Trinajstić information content (AvgIpc) is 2.51. The summed E-state index contributed by atoms with van der Waals surface area (Å²) in [6, 6.07) is 6.81. The third-order valence-corrected chi connectivity index (χ3v) is 2.76. The number of allylic oxidation sites excluding steroid dienone is 1. The van der Waals surface area contributed by atoms with Gasteiger partial charge in [-0.05, 0) is 45.4 Å². The second-order valence-electron chi connectivity index (χ2n) is 6.25. The van der Waals surface area contributed by atoms with Crippen LogP contribution in [0.15, 0.2) is 36.4 Å². The Morgan fingerprint density at radius 2 is 1.68 bits per heavy atom. The number of amides is 3. The fourth-order valence-electron chi connectivity index (χ4n) is 1.76. The van der Waals surface area contributed by atoms with E-state index in [0.717, 1.165) is 6.42 Å². The topological polar surface area (TPSA) is 96.5 Å². The molecule has 1 aromatic rings. The minimum atomic E-state index is -0.672. The Hall–Kier alpha value is -2.83. The molecule has 0 saturated heterocycles. The van der Waals surface area contributed by atoms with E-state index in [9.17, 15) is 14.4 Å². The van der Waals surface area contributed by atoms with E-state index in [1.807, 2.05) is 6.92 Å². The molecule has 0 heterocycles. The molecule has 3 amide bonds. The van der Waals surface area contributed by atoms with Crippen molar-refractivity contribution in [3.05, 3.63) is 36.4 Å². The molecule has 0 radical (unpaired) electrons. The zero-order chi connectivity index (χ0) is 18.9. The van der Waals surface area contributed by atoms with E-state index in [1.165, 1.54) is 6.08 Å². The van der Waals surface area contributed by atoms with Crippen LogP contribution < -0.4 is 16.0 Å². The van der Waals surface area contributed by atoms with E-state index in [0.29, 0.717) is 11.4 Å². The van der Waals surface area contributed by atoms with E-state index < -0.39 is 17.6 Å². The molecule has 136 valence electrons. The minimum absolute atomic E-state index is 0.243. The Labute approximate surface area is 147 Å². The van der Waals surface area contributed by atoms with Gasteiger partial charge in [-0.25, -0.2) is 4.79 Å². The number of anilines is 2. The normalized spacial score (nSPS) is 11.0. The minimum Gasteiger partial charge on any atom is -0.444 e. The van der Waals surface area contributed by atoms with Crippen LogP contribution in [-0.2, 0) is 14.3 Å². The van der Waals surface area contributed by atoms with Gasteiger partial charge in [0.2, 0.25) is 11.8 Å². The van der Waals surface area contributed by atoms with Crippen LogP contribution in [0.5, 0.6) is 0 Å². The number of alkyl carbamates (subject to hydrolysis) is 1. The molecule has 7 nitrogen and oxygen atoms in total. The fraction of sp³-hybridized carbons (Fsp3) is 0.389. The molecule has 0 aliphatic carbocycles. The zero-order valence-electron chi connectivity index (χ0n) is 15.0. The summed E-state index contributed by atoms with van der Waals surface area (Å²) in [6.45, 7) is 6.89. The molecule has 0 aliphatic heterocycles. The van der Waals surface area contributed by atoms with Gasteiger partial charge >= 0.3 is 6.09 Å². The van der Waals surface area contributed by atoms with E-state index in [-0.39, 0.29) is 12.5 Å². The van der Waals surface area contributed by atoms with Crippen LogP contribution in [0.3, 0.4) is 0 Å². The molecule has 0 aliphatic rings. The third kappa shape index (κ3) is 8.55. The fourth-order valence-corrected chi connectivity index (χ4v) is 1.76. The zero-order valence-corrected chi connectivity index (χ0v) is 15.0. The summed E-state index contributed by atoms with van der Waals surface area (Å²) in [6.07, 6.45) is 3.25. The molecule has 0 aromatic heterocycles. The molecule has 25 heavy (non-hydrogen) atoms. The molecule has 1 rings (SSSR count). The van der Waals surface area contributed by atoms with Crippen molar-refractivity contribution in [1.29, 1.82) is 0 Å². The quantitative estimate of drug-likeness (QED) is 0.689. The highest BCUT2D eigenvalue weighted by Gasteiger charge is 2.17. The molecular formula is C18H25N3O4. The van der Waals surface area contributed by atoms with Gasteiger partial charge in [0, 0.05) is 0 Å². The van der Waals surface area contributed by atoms with Gasteiger partial charge in [-0.3, -0.25) is 9.59 Å². The molecule has 0 unspecified atom stereocenters. The first-order valence-electron chi connectivity index (χ1n) is 8.04. The third-order valence-electron chi connectivity index (χ3n) is 2.76. The van der Waals surface area contributed by atoms with Crippen molar-refractivity contribution in [2.24, 2.45) is 0 Å². The first kappa shape index (κ1) is 20.2. The van der Waals surface area contributed by atoms with E-state index in [2.05, 4.69) is 16.0 Å². The van der Waals surface area contributed by atoms with Crippen LogP contribution in [-0.4, -0.2) is 30.1 Å². The Morgan fingerprint density at radius 3 is 2.24 bits per heavy atom. The molecular weight excluding hydrogens is 322 g/mol. The number of hydrogen-bond donors (Lipinski definition) is 3. The van der Waals surface area contributed by atoms with Crippen molar-refractivity contribution >= 4 is 29.3 Å². The highest BCUT2D eigenvalue weighted by molar-refractivity contribution is 6.04. The summed E-state index contributed by atoms with van der Waals surface area (Å²) in [7, 11) is 0. The van der Waals surface area contributed by atoms with Gasteiger partial charge in [0.15, 0.2) is 0 Å². The number of benzene rings is 1. The number of carbonyl (C=O) groups is 3. The molecule has 1 aromatic carbocycles. The Balaban J connectivity index is 2.61. The van der Waals surface area contributed by atoms with Crippen molar-refractivity contribution in [1.82, 2.24) is 5.32 Å². The van der Waals surface area contributed by atoms with Crippen LogP contribution in [0.2, 0.25) is 0 Å². The molecule has 0 fully saturated rings. The predicted octanol–water partition coefficient (Wildman–Crippen LogP) is 3.05. The first-order valence-corrected chi connectivity index (χ1v) is 8.04. The van der Waals surface area contributed by atoms with Crippen molar-refractivity contribution in [3.63, 3.8) is 0 Å². The van der Waals surface area contributed by atoms with Gasteiger partial charge in [-0.15, -0.1) is 0 Å². The van der Waals surface area contributed by atoms with E-state index >= 15 is 0 Å². The van der Waals surface area contributed by atoms with Gasteiger partial charge in [-0.1, -0.05) is 25.1 Å². The SMILES string of the molecule is CC/C=C/C(=O)Nc1ccccc1NC(=O)CNC(=O)OC(C)(C)C. The Bertz CT molecular complexity index is 648. The summed E-state index contributed by atoms with van der Waals surface area (Å²) < 4.78 is 5.06. The smallest absolute Gasteiger partial charge is 0.408 e. The van der Waals surface area contributed by atoms with Gasteiger partial charge in [0.1, 0.15) is 12.1 Å². The molecule has 0 bridgehead atoms. The van der Waals surface area contributed by atoms with Gasteiger partial charge in [0.25, 0.3) is 0 Å². The lowest BCUT2D eigenvalue weighted by molar-refractivity contribution is -0.115. The Morgan fingerprint density at radius 1 is 1.08 bits per heavy atom. The molecule has 0 atom stereocenters. The number of hydrogen-bond acceptors (Lipinski definition) is 4. The lowest BCUT2D eigenvalue weighted by Gasteiger charge is -2.19.